The van der Waals surface area contributed by atoms with Crippen LogP contribution >= 0.6 is 0 Å². The highest BCUT2D eigenvalue weighted by Gasteiger charge is 2.46. The summed E-state index contributed by atoms with van der Waals surface area (Å²) in [5.74, 6) is 0.802. The van der Waals surface area contributed by atoms with Crippen molar-refractivity contribution in [3.63, 3.8) is 0 Å². The highest BCUT2D eigenvalue weighted by atomic mass is 16.3. The molecule has 9 aromatic carbocycles. The van der Waals surface area contributed by atoms with E-state index in [1.807, 2.05) is 6.20 Å². The molecule has 11 aromatic rings. The third-order valence-electron chi connectivity index (χ3n) is 12.6. The number of hydrogen-bond donors (Lipinski definition) is 0. The Hall–Kier alpha value is -8.01. The lowest BCUT2D eigenvalue weighted by Gasteiger charge is -2.35. The second-order valence-electron chi connectivity index (χ2n) is 15.9. The molecule has 0 N–H and O–H groups in total. The van der Waals surface area contributed by atoms with E-state index in [-0.39, 0.29) is 0 Å². The van der Waals surface area contributed by atoms with Gasteiger partial charge in [-0.05, 0) is 97.2 Å². The molecule has 3 nitrogen and oxygen atoms in total. The van der Waals surface area contributed by atoms with E-state index < -0.39 is 5.41 Å². The molecule has 0 spiro atoms. The van der Waals surface area contributed by atoms with E-state index in [2.05, 4.69) is 229 Å². The van der Waals surface area contributed by atoms with Crippen LogP contribution in [0.15, 0.2) is 235 Å². The number of aromatic nitrogens is 1. The zero-order valence-corrected chi connectivity index (χ0v) is 33.2. The van der Waals surface area contributed by atoms with Crippen LogP contribution in [-0.2, 0) is 5.41 Å². The van der Waals surface area contributed by atoms with Gasteiger partial charge in [-0.1, -0.05) is 188 Å². The van der Waals surface area contributed by atoms with E-state index in [4.69, 9.17) is 9.40 Å². The molecule has 0 fully saturated rings. The van der Waals surface area contributed by atoms with Crippen molar-refractivity contribution in [2.24, 2.45) is 0 Å². The Morgan fingerprint density at radius 2 is 1.02 bits per heavy atom. The molecule has 0 saturated carbocycles. The second kappa shape index (κ2) is 14.1. The normalized spacial score (nSPS) is 12.7. The van der Waals surface area contributed by atoms with Crippen LogP contribution in [-0.4, -0.2) is 4.98 Å². The molecule has 0 amide bonds. The van der Waals surface area contributed by atoms with Gasteiger partial charge in [-0.2, -0.15) is 0 Å². The van der Waals surface area contributed by atoms with Gasteiger partial charge in [0.1, 0.15) is 11.4 Å². The first kappa shape index (κ1) is 35.0. The molecule has 0 aliphatic heterocycles. The van der Waals surface area contributed by atoms with E-state index in [1.165, 1.54) is 44.3 Å². The van der Waals surface area contributed by atoms with E-state index in [9.17, 15) is 0 Å². The average Bonchev–Trinajstić information content (AvgIpc) is 3.86. The largest absolute Gasteiger partial charge is 0.454 e. The van der Waals surface area contributed by atoms with Crippen LogP contribution in [0.2, 0.25) is 0 Å². The summed E-state index contributed by atoms with van der Waals surface area (Å²) in [6, 6.07) is 81.1. The maximum Gasteiger partial charge on any atom is 0.153 e. The van der Waals surface area contributed by atoms with Gasteiger partial charge in [0.2, 0.25) is 0 Å². The van der Waals surface area contributed by atoms with Crippen molar-refractivity contribution >= 4 is 49.9 Å². The molecule has 0 saturated heterocycles. The SMILES string of the molecule is c1ccc(-c2ccc(N(c3cc4c(cn3)oc3ccc5ccccc5c34)c3cc4c(cc3-c3ccccc3)C(c3ccccc3)(c3ccccc3)c3ccccc3-4)cc2)cc1. The smallest absolute Gasteiger partial charge is 0.153 e. The molecule has 0 unspecified atom stereocenters. The molecule has 0 radical (unpaired) electrons. The minimum absolute atomic E-state index is 0.549. The molecule has 0 atom stereocenters. The summed E-state index contributed by atoms with van der Waals surface area (Å²) in [7, 11) is 0. The third kappa shape index (κ3) is 5.48. The van der Waals surface area contributed by atoms with E-state index in [0.717, 1.165) is 61.2 Å². The monoisotopic (exact) mass is 778 g/mol. The lowest BCUT2D eigenvalue weighted by molar-refractivity contribution is 0.667. The van der Waals surface area contributed by atoms with Gasteiger partial charge in [0.05, 0.1) is 17.3 Å². The summed E-state index contributed by atoms with van der Waals surface area (Å²) in [4.78, 5) is 7.59. The van der Waals surface area contributed by atoms with Crippen molar-refractivity contribution < 1.29 is 4.42 Å². The maximum absolute atomic E-state index is 6.49. The van der Waals surface area contributed by atoms with Gasteiger partial charge >= 0.3 is 0 Å². The summed E-state index contributed by atoms with van der Waals surface area (Å²) < 4.78 is 6.49. The number of anilines is 3. The van der Waals surface area contributed by atoms with E-state index in [0.29, 0.717) is 0 Å². The molecule has 1 aliphatic carbocycles. The number of fused-ring (bicyclic) bond motifs is 8. The summed E-state index contributed by atoms with van der Waals surface area (Å²) in [5.41, 5.74) is 15.1. The van der Waals surface area contributed by atoms with Crippen molar-refractivity contribution in [2.75, 3.05) is 4.90 Å². The van der Waals surface area contributed by atoms with Gasteiger partial charge in [0, 0.05) is 22.0 Å². The van der Waals surface area contributed by atoms with E-state index >= 15 is 0 Å². The fraction of sp³-hybridized carbons (Fsp3) is 0.0172. The predicted octanol–water partition coefficient (Wildman–Crippen LogP) is 15.3. The third-order valence-corrected chi connectivity index (χ3v) is 12.6. The molecule has 3 heteroatoms. The van der Waals surface area contributed by atoms with Crippen LogP contribution in [0.5, 0.6) is 0 Å². The number of rotatable bonds is 7. The first-order chi connectivity index (χ1) is 30.3. The highest BCUT2D eigenvalue weighted by molar-refractivity contribution is 6.19. The summed E-state index contributed by atoms with van der Waals surface area (Å²) >= 11 is 0. The number of benzene rings is 9. The molecular formula is C58H38N2O. The van der Waals surface area contributed by atoms with Crippen LogP contribution in [0.4, 0.5) is 17.2 Å². The molecule has 286 valence electrons. The summed E-state index contributed by atoms with van der Waals surface area (Å²) in [6.45, 7) is 0. The van der Waals surface area contributed by atoms with Crippen molar-refractivity contribution in [1.29, 1.82) is 0 Å². The fourth-order valence-electron chi connectivity index (χ4n) is 9.90. The van der Waals surface area contributed by atoms with Crippen LogP contribution in [0.25, 0.3) is 66.1 Å². The topological polar surface area (TPSA) is 29.3 Å². The number of pyridine rings is 1. The molecule has 0 bridgehead atoms. The summed E-state index contributed by atoms with van der Waals surface area (Å²) in [5, 5.41) is 4.46. The molecule has 1 aliphatic rings. The zero-order chi connectivity index (χ0) is 40.3. The van der Waals surface area contributed by atoms with Gasteiger partial charge in [-0.3, -0.25) is 4.90 Å². The zero-order valence-electron chi connectivity index (χ0n) is 33.2. The van der Waals surface area contributed by atoms with Crippen molar-refractivity contribution in [3.05, 3.63) is 253 Å². The maximum atomic E-state index is 6.49. The Kier molecular flexibility index (Phi) is 8.07. The quantitative estimate of drug-likeness (QED) is 0.161. The molecular weight excluding hydrogens is 741 g/mol. The Balaban J connectivity index is 1.17. The molecule has 12 rings (SSSR count). The van der Waals surface area contributed by atoms with E-state index in [1.54, 1.807) is 0 Å². The Morgan fingerprint density at radius 3 is 1.74 bits per heavy atom. The Labute approximate surface area is 354 Å². The Bertz CT molecular complexity index is 3350. The first-order valence-electron chi connectivity index (χ1n) is 20.9. The van der Waals surface area contributed by atoms with Gasteiger partial charge in [-0.25, -0.2) is 4.98 Å². The second-order valence-corrected chi connectivity index (χ2v) is 15.9. The highest BCUT2D eigenvalue weighted by Crippen LogP contribution is 2.59. The van der Waals surface area contributed by atoms with Gasteiger partial charge in [0.25, 0.3) is 0 Å². The predicted molar refractivity (Wildman–Crippen MR) is 252 cm³/mol. The van der Waals surface area contributed by atoms with Crippen LogP contribution < -0.4 is 4.90 Å². The summed E-state index contributed by atoms with van der Waals surface area (Å²) in [6.07, 6.45) is 1.89. The van der Waals surface area contributed by atoms with Crippen molar-refractivity contribution in [3.8, 4) is 33.4 Å². The Morgan fingerprint density at radius 1 is 0.410 bits per heavy atom. The van der Waals surface area contributed by atoms with Gasteiger partial charge in [0.15, 0.2) is 5.58 Å². The standard InChI is InChI=1S/C58H38N2O/c1-5-17-39(18-6-1)40-29-32-45(33-30-40)60(56-37-50-55(38-59-56)61-54-34-31-42-21-13-14-26-46(42)57(50)54)53-36-49-47-27-15-16-28-51(47)58(43-22-9-3-10-23-43,44-24-11-4-12-25-44)52(49)35-48(53)41-19-7-2-8-20-41/h1-38H. The van der Waals surface area contributed by atoms with Crippen LogP contribution in [0.1, 0.15) is 22.3 Å². The number of furan rings is 1. The van der Waals surface area contributed by atoms with Crippen LogP contribution in [0, 0.1) is 0 Å². The van der Waals surface area contributed by atoms with Crippen LogP contribution in [0.3, 0.4) is 0 Å². The van der Waals surface area contributed by atoms with Crippen molar-refractivity contribution in [1.82, 2.24) is 4.98 Å². The fourth-order valence-corrected chi connectivity index (χ4v) is 9.90. The average molecular weight is 779 g/mol. The lowest BCUT2D eigenvalue weighted by Crippen LogP contribution is -2.28. The first-order valence-corrected chi connectivity index (χ1v) is 20.9. The van der Waals surface area contributed by atoms with Crippen molar-refractivity contribution in [2.45, 2.75) is 5.41 Å². The van der Waals surface area contributed by atoms with Gasteiger partial charge in [-0.15, -0.1) is 0 Å². The lowest BCUT2D eigenvalue weighted by atomic mass is 9.67. The minimum Gasteiger partial charge on any atom is -0.454 e. The van der Waals surface area contributed by atoms with Gasteiger partial charge < -0.3 is 4.42 Å². The molecule has 2 aromatic heterocycles. The minimum atomic E-state index is -0.549. The number of hydrogen-bond acceptors (Lipinski definition) is 3. The molecule has 2 heterocycles. The molecule has 61 heavy (non-hydrogen) atoms. The number of nitrogens with zero attached hydrogens (tertiary/aromatic N) is 2.